The fraction of sp³-hybridized carbons (Fsp3) is 0.238. The van der Waals surface area contributed by atoms with Gasteiger partial charge in [-0.15, -0.1) is 24.0 Å². The van der Waals surface area contributed by atoms with Crippen LogP contribution >= 0.6 is 24.0 Å². The first-order valence-corrected chi connectivity index (χ1v) is 9.24. The van der Waals surface area contributed by atoms with Crippen LogP contribution in [0, 0.1) is 5.82 Å². The summed E-state index contributed by atoms with van der Waals surface area (Å²) in [5, 5.41) is 19.9. The van der Waals surface area contributed by atoms with E-state index in [-0.39, 0.29) is 29.7 Å². The smallest absolute Gasteiger partial charge is 0.191 e. The molecule has 0 saturated heterocycles. The number of rotatable bonds is 7. The Bertz CT molecular complexity index is 913. The minimum Gasteiger partial charge on any atom is -0.505 e. The molecule has 8 heteroatoms. The normalized spacial score (nSPS) is 11.0. The van der Waals surface area contributed by atoms with Crippen LogP contribution in [0.15, 0.2) is 65.9 Å². The summed E-state index contributed by atoms with van der Waals surface area (Å²) in [6.45, 7) is 3.77. The summed E-state index contributed by atoms with van der Waals surface area (Å²) in [4.78, 5) is 4.47. The number of nitrogens with one attached hydrogen (secondary N) is 2. The van der Waals surface area contributed by atoms with E-state index in [1.165, 1.54) is 17.7 Å². The van der Waals surface area contributed by atoms with E-state index >= 15 is 0 Å². The third-order valence-electron chi connectivity index (χ3n) is 4.19. The molecule has 29 heavy (non-hydrogen) atoms. The maximum atomic E-state index is 13.4. The largest absolute Gasteiger partial charge is 0.505 e. The lowest BCUT2D eigenvalue weighted by atomic mass is 10.1. The van der Waals surface area contributed by atoms with Crippen LogP contribution < -0.4 is 10.6 Å². The van der Waals surface area contributed by atoms with Crippen LogP contribution in [0.2, 0.25) is 0 Å². The van der Waals surface area contributed by atoms with Crippen molar-refractivity contribution in [1.82, 2.24) is 20.4 Å². The van der Waals surface area contributed by atoms with E-state index < -0.39 is 5.82 Å². The summed E-state index contributed by atoms with van der Waals surface area (Å²) in [7, 11) is 0. The zero-order valence-electron chi connectivity index (χ0n) is 16.2. The van der Waals surface area contributed by atoms with Crippen molar-refractivity contribution in [2.75, 3.05) is 13.1 Å². The summed E-state index contributed by atoms with van der Waals surface area (Å²) in [6.07, 6.45) is 4.51. The van der Waals surface area contributed by atoms with E-state index in [1.54, 1.807) is 12.3 Å². The van der Waals surface area contributed by atoms with E-state index in [4.69, 9.17) is 0 Å². The minimum absolute atomic E-state index is 0. The fourth-order valence-electron chi connectivity index (χ4n) is 2.72. The molecule has 0 aliphatic heterocycles. The third kappa shape index (κ3) is 6.74. The van der Waals surface area contributed by atoms with E-state index in [9.17, 15) is 9.50 Å². The highest BCUT2D eigenvalue weighted by Gasteiger charge is 2.03. The van der Waals surface area contributed by atoms with Crippen molar-refractivity contribution >= 4 is 29.9 Å². The van der Waals surface area contributed by atoms with Gasteiger partial charge in [-0.2, -0.15) is 5.10 Å². The van der Waals surface area contributed by atoms with E-state index in [2.05, 4.69) is 32.9 Å². The van der Waals surface area contributed by atoms with Gasteiger partial charge in [-0.1, -0.05) is 18.2 Å². The Hall–Kier alpha value is -2.62. The molecule has 0 fully saturated rings. The Kier molecular flexibility index (Phi) is 8.91. The molecular formula is C21H25FIN5O. The van der Waals surface area contributed by atoms with Gasteiger partial charge in [-0.25, -0.2) is 14.1 Å². The Balaban J connectivity index is 0.00000300. The molecule has 3 N–H and O–H groups in total. The molecule has 1 aromatic heterocycles. The molecule has 0 aliphatic rings. The topological polar surface area (TPSA) is 74.5 Å². The lowest BCUT2D eigenvalue weighted by molar-refractivity contribution is 0.432. The second-order valence-electron chi connectivity index (χ2n) is 6.27. The number of hydrogen-bond acceptors (Lipinski definition) is 3. The van der Waals surface area contributed by atoms with Gasteiger partial charge in [-0.05, 0) is 54.8 Å². The predicted molar refractivity (Wildman–Crippen MR) is 124 cm³/mol. The molecule has 154 valence electrons. The summed E-state index contributed by atoms with van der Waals surface area (Å²) >= 11 is 0. The highest BCUT2D eigenvalue weighted by atomic mass is 127. The van der Waals surface area contributed by atoms with Crippen molar-refractivity contribution < 1.29 is 9.50 Å². The van der Waals surface area contributed by atoms with Crippen molar-refractivity contribution in [1.29, 1.82) is 0 Å². The number of guanidine groups is 1. The molecule has 0 atom stereocenters. The summed E-state index contributed by atoms with van der Waals surface area (Å²) in [5.41, 5.74) is 2.93. The molecular weight excluding hydrogens is 484 g/mol. The van der Waals surface area contributed by atoms with Crippen LogP contribution in [-0.4, -0.2) is 33.9 Å². The Morgan fingerprint density at radius 2 is 1.90 bits per heavy atom. The first-order chi connectivity index (χ1) is 13.7. The van der Waals surface area contributed by atoms with Gasteiger partial charge in [0.25, 0.3) is 0 Å². The molecule has 0 saturated carbocycles. The number of aromatic nitrogens is 2. The van der Waals surface area contributed by atoms with Gasteiger partial charge >= 0.3 is 0 Å². The van der Waals surface area contributed by atoms with Crippen molar-refractivity contribution in [2.45, 2.75) is 19.9 Å². The van der Waals surface area contributed by atoms with Crippen LogP contribution in [-0.2, 0) is 13.0 Å². The van der Waals surface area contributed by atoms with Gasteiger partial charge in [0.1, 0.15) is 0 Å². The maximum Gasteiger partial charge on any atom is 0.191 e. The van der Waals surface area contributed by atoms with Crippen LogP contribution in [0.4, 0.5) is 4.39 Å². The van der Waals surface area contributed by atoms with Crippen molar-refractivity contribution in [3.8, 4) is 11.4 Å². The quantitative estimate of drug-likeness (QED) is 0.259. The van der Waals surface area contributed by atoms with Crippen molar-refractivity contribution in [3.05, 3.63) is 77.9 Å². The molecule has 3 rings (SSSR count). The lowest BCUT2D eigenvalue weighted by Crippen LogP contribution is -2.38. The molecule has 1 heterocycles. The van der Waals surface area contributed by atoms with E-state index in [0.29, 0.717) is 18.1 Å². The second-order valence-corrected chi connectivity index (χ2v) is 6.27. The van der Waals surface area contributed by atoms with Gasteiger partial charge in [0.05, 0.1) is 12.2 Å². The molecule has 0 bridgehead atoms. The average molecular weight is 509 g/mol. The zero-order chi connectivity index (χ0) is 19.8. The average Bonchev–Trinajstić information content (AvgIpc) is 3.24. The van der Waals surface area contributed by atoms with Crippen LogP contribution in [0.5, 0.6) is 5.75 Å². The number of aromatic hydroxyl groups is 1. The van der Waals surface area contributed by atoms with E-state index in [0.717, 1.165) is 25.2 Å². The van der Waals surface area contributed by atoms with Gasteiger partial charge in [-0.3, -0.25) is 0 Å². The number of benzene rings is 2. The summed E-state index contributed by atoms with van der Waals surface area (Å²) in [5.74, 6) is -0.315. The summed E-state index contributed by atoms with van der Waals surface area (Å²) in [6, 6.07) is 14.4. The van der Waals surface area contributed by atoms with Crippen LogP contribution in [0.25, 0.3) is 5.69 Å². The van der Waals surface area contributed by atoms with E-state index in [1.807, 2.05) is 36.0 Å². The summed E-state index contributed by atoms with van der Waals surface area (Å²) < 4.78 is 15.2. The number of nitrogens with zero attached hydrogens (tertiary/aromatic N) is 3. The van der Waals surface area contributed by atoms with Gasteiger partial charge in [0.2, 0.25) is 0 Å². The molecule has 0 spiro atoms. The number of phenols is 1. The number of halogens is 2. The third-order valence-corrected chi connectivity index (χ3v) is 4.19. The molecule has 6 nitrogen and oxygen atoms in total. The Morgan fingerprint density at radius 3 is 2.55 bits per heavy atom. The SMILES string of the molecule is CCNC(=NCc1ccc(O)c(F)c1)NCCc1ccc(-n2cccn2)cc1.I. The first kappa shape index (κ1) is 22.7. The number of aliphatic imine (C=N–C) groups is 1. The number of phenolic OH excluding ortho intramolecular Hbond substituents is 1. The van der Waals surface area contributed by atoms with Crippen molar-refractivity contribution in [2.24, 2.45) is 4.99 Å². The molecule has 0 amide bonds. The number of hydrogen-bond donors (Lipinski definition) is 3. The van der Waals surface area contributed by atoms with Crippen molar-refractivity contribution in [3.63, 3.8) is 0 Å². The standard InChI is InChI=1S/C21H24FN5O.HI/c1-2-23-21(25-15-17-6-9-20(28)19(22)14-17)24-12-10-16-4-7-18(8-5-16)27-13-3-11-26-27;/h3-9,11,13-14,28H,2,10,12,15H2,1H3,(H2,23,24,25);1H. The van der Waals surface area contributed by atoms with Gasteiger partial charge in [0, 0.05) is 25.5 Å². The van der Waals surface area contributed by atoms with Crippen LogP contribution in [0.1, 0.15) is 18.1 Å². The molecule has 2 aromatic carbocycles. The maximum absolute atomic E-state index is 13.4. The predicted octanol–water partition coefficient (Wildman–Crippen LogP) is 3.63. The fourth-order valence-corrected chi connectivity index (χ4v) is 2.72. The highest BCUT2D eigenvalue weighted by molar-refractivity contribution is 14.0. The van der Waals surface area contributed by atoms with Gasteiger partial charge in [0.15, 0.2) is 17.5 Å². The molecule has 0 aliphatic carbocycles. The van der Waals surface area contributed by atoms with Crippen LogP contribution in [0.3, 0.4) is 0 Å². The lowest BCUT2D eigenvalue weighted by Gasteiger charge is -2.12. The minimum atomic E-state index is -0.635. The molecule has 0 unspecified atom stereocenters. The highest BCUT2D eigenvalue weighted by Crippen LogP contribution is 2.16. The van der Waals surface area contributed by atoms with Gasteiger partial charge < -0.3 is 15.7 Å². The second kappa shape index (κ2) is 11.4. The first-order valence-electron chi connectivity index (χ1n) is 9.24. The Morgan fingerprint density at radius 1 is 1.14 bits per heavy atom. The molecule has 0 radical (unpaired) electrons. The monoisotopic (exact) mass is 509 g/mol. The molecule has 3 aromatic rings. The Labute approximate surface area is 186 Å². The zero-order valence-corrected chi connectivity index (χ0v) is 18.5.